The van der Waals surface area contributed by atoms with Crippen LogP contribution in [0.5, 0.6) is 0 Å². The van der Waals surface area contributed by atoms with Crippen molar-refractivity contribution in [1.82, 2.24) is 10.2 Å². The molecule has 0 saturated carbocycles. The average molecular weight is 218 g/mol. The van der Waals surface area contributed by atoms with Gasteiger partial charge in [0, 0.05) is 13.1 Å². The lowest BCUT2D eigenvalue weighted by Crippen LogP contribution is -2.41. The average Bonchev–Trinajstić information content (AvgIpc) is 2.71. The molecule has 0 bridgehead atoms. The third-order valence-corrected chi connectivity index (χ3v) is 3.30. The van der Waals surface area contributed by atoms with Crippen LogP contribution < -0.4 is 5.32 Å². The highest BCUT2D eigenvalue weighted by Crippen LogP contribution is 2.24. The minimum atomic E-state index is 0.167. The Labute approximate surface area is 96.5 Å². The first-order chi connectivity index (χ1) is 7.72. The number of benzene rings is 1. The molecule has 16 heavy (non-hydrogen) atoms. The molecule has 3 nitrogen and oxygen atoms in total. The number of hydrogen-bond donors (Lipinski definition) is 1. The smallest absolute Gasteiger partial charge is 0.236 e. The molecule has 2 rings (SSSR count). The van der Waals surface area contributed by atoms with Gasteiger partial charge in [-0.1, -0.05) is 24.3 Å². The van der Waals surface area contributed by atoms with Crippen LogP contribution in [0.25, 0.3) is 0 Å². The number of likely N-dealkylation sites (N-methyl/N-ethyl adjacent to an activating group) is 2. The van der Waals surface area contributed by atoms with Crippen LogP contribution in [0.1, 0.15) is 11.1 Å². The summed E-state index contributed by atoms with van der Waals surface area (Å²) >= 11 is 0. The topological polar surface area (TPSA) is 32.3 Å². The summed E-state index contributed by atoms with van der Waals surface area (Å²) in [6.45, 7) is 0.420. The Hall–Kier alpha value is -1.35. The van der Waals surface area contributed by atoms with Crippen molar-refractivity contribution in [1.29, 1.82) is 0 Å². The van der Waals surface area contributed by atoms with E-state index in [4.69, 9.17) is 0 Å². The summed E-state index contributed by atoms with van der Waals surface area (Å²) in [4.78, 5) is 13.6. The molecule has 0 unspecified atom stereocenters. The van der Waals surface area contributed by atoms with Crippen molar-refractivity contribution in [3.05, 3.63) is 35.4 Å². The lowest BCUT2D eigenvalue weighted by atomic mass is 10.1. The first-order valence-electron chi connectivity index (χ1n) is 5.69. The highest BCUT2D eigenvalue weighted by Gasteiger charge is 2.26. The van der Waals surface area contributed by atoms with Crippen LogP contribution in [-0.4, -0.2) is 37.5 Å². The van der Waals surface area contributed by atoms with E-state index >= 15 is 0 Å². The molecule has 0 heterocycles. The second-order valence-electron chi connectivity index (χ2n) is 4.37. The lowest BCUT2D eigenvalue weighted by molar-refractivity contribution is -0.130. The van der Waals surface area contributed by atoms with Crippen molar-refractivity contribution in [2.45, 2.75) is 18.9 Å². The van der Waals surface area contributed by atoms with Crippen molar-refractivity contribution in [3.63, 3.8) is 0 Å². The monoisotopic (exact) mass is 218 g/mol. The van der Waals surface area contributed by atoms with Crippen molar-refractivity contribution in [2.24, 2.45) is 0 Å². The number of carbonyl (C=O) groups is 1. The zero-order chi connectivity index (χ0) is 11.5. The van der Waals surface area contributed by atoms with Gasteiger partial charge in [0.15, 0.2) is 0 Å². The molecular weight excluding hydrogens is 200 g/mol. The van der Waals surface area contributed by atoms with Crippen molar-refractivity contribution >= 4 is 5.91 Å². The van der Waals surface area contributed by atoms with Gasteiger partial charge >= 0.3 is 0 Å². The van der Waals surface area contributed by atoms with Crippen molar-refractivity contribution in [3.8, 4) is 0 Å². The van der Waals surface area contributed by atoms with Crippen LogP contribution in [0.2, 0.25) is 0 Å². The van der Waals surface area contributed by atoms with Gasteiger partial charge < -0.3 is 10.2 Å². The second-order valence-corrected chi connectivity index (χ2v) is 4.37. The van der Waals surface area contributed by atoms with Gasteiger partial charge in [0.2, 0.25) is 5.91 Å². The van der Waals surface area contributed by atoms with E-state index in [1.54, 1.807) is 7.05 Å². The van der Waals surface area contributed by atoms with E-state index in [-0.39, 0.29) is 5.91 Å². The molecule has 0 aliphatic heterocycles. The normalized spacial score (nSPS) is 14.9. The molecule has 0 radical (unpaired) electrons. The first kappa shape index (κ1) is 11.1. The van der Waals surface area contributed by atoms with E-state index in [9.17, 15) is 4.79 Å². The van der Waals surface area contributed by atoms with Gasteiger partial charge in [0.05, 0.1) is 6.54 Å². The number of carbonyl (C=O) groups excluding carboxylic acids is 1. The number of hydrogen-bond acceptors (Lipinski definition) is 2. The summed E-state index contributed by atoms with van der Waals surface area (Å²) in [7, 11) is 3.70. The highest BCUT2D eigenvalue weighted by molar-refractivity contribution is 5.78. The van der Waals surface area contributed by atoms with Gasteiger partial charge in [-0.2, -0.15) is 0 Å². The molecule has 0 aromatic heterocycles. The number of amides is 1. The molecule has 1 aromatic rings. The highest BCUT2D eigenvalue weighted by atomic mass is 16.2. The zero-order valence-electron chi connectivity index (χ0n) is 9.86. The van der Waals surface area contributed by atoms with E-state index in [0.717, 1.165) is 12.8 Å². The first-order valence-corrected chi connectivity index (χ1v) is 5.69. The van der Waals surface area contributed by atoms with Gasteiger partial charge in [-0.25, -0.2) is 0 Å². The Kier molecular flexibility index (Phi) is 3.25. The van der Waals surface area contributed by atoms with E-state index in [2.05, 4.69) is 29.6 Å². The fraction of sp³-hybridized carbons (Fsp3) is 0.462. The summed E-state index contributed by atoms with van der Waals surface area (Å²) in [6, 6.07) is 8.78. The minimum Gasteiger partial charge on any atom is -0.341 e. The molecule has 1 aliphatic carbocycles. The Bertz CT molecular complexity index is 364. The molecular formula is C13H18N2O. The van der Waals surface area contributed by atoms with E-state index < -0.39 is 0 Å². The number of fused-ring (bicyclic) bond motifs is 1. The van der Waals surface area contributed by atoms with Gasteiger partial charge in [-0.15, -0.1) is 0 Å². The number of nitrogens with zero attached hydrogens (tertiary/aromatic N) is 1. The SMILES string of the molecule is CNCC(=O)N(C)C1Cc2ccccc2C1. The van der Waals surface area contributed by atoms with E-state index in [1.807, 2.05) is 11.9 Å². The predicted octanol–water partition coefficient (Wildman–Crippen LogP) is 0.832. The second kappa shape index (κ2) is 4.66. The molecule has 1 aromatic carbocycles. The Morgan fingerprint density at radius 3 is 2.44 bits per heavy atom. The third kappa shape index (κ3) is 2.09. The molecule has 0 fully saturated rings. The van der Waals surface area contributed by atoms with E-state index in [0.29, 0.717) is 12.6 Å². The molecule has 3 heteroatoms. The molecule has 1 N–H and O–H groups in total. The number of nitrogens with one attached hydrogen (secondary N) is 1. The maximum absolute atomic E-state index is 11.7. The van der Waals surface area contributed by atoms with Crippen LogP contribution in [-0.2, 0) is 17.6 Å². The zero-order valence-corrected chi connectivity index (χ0v) is 9.86. The summed E-state index contributed by atoms with van der Waals surface area (Å²) in [5, 5.41) is 2.90. The summed E-state index contributed by atoms with van der Waals surface area (Å²) in [5.41, 5.74) is 2.77. The van der Waals surface area contributed by atoms with Crippen LogP contribution >= 0.6 is 0 Å². The van der Waals surface area contributed by atoms with Crippen LogP contribution in [0.4, 0.5) is 0 Å². The Morgan fingerprint density at radius 2 is 1.94 bits per heavy atom. The van der Waals surface area contributed by atoms with Crippen LogP contribution in [0.3, 0.4) is 0 Å². The Balaban J connectivity index is 2.03. The van der Waals surface area contributed by atoms with Gasteiger partial charge in [0.1, 0.15) is 0 Å². The molecule has 1 aliphatic rings. The Morgan fingerprint density at radius 1 is 1.38 bits per heavy atom. The van der Waals surface area contributed by atoms with Gasteiger partial charge in [-0.05, 0) is 31.0 Å². The maximum Gasteiger partial charge on any atom is 0.236 e. The molecule has 0 saturated heterocycles. The minimum absolute atomic E-state index is 0.167. The molecule has 86 valence electrons. The summed E-state index contributed by atoms with van der Waals surface area (Å²) in [5.74, 6) is 0.167. The lowest BCUT2D eigenvalue weighted by Gasteiger charge is -2.24. The van der Waals surface area contributed by atoms with Gasteiger partial charge in [-0.3, -0.25) is 4.79 Å². The fourth-order valence-electron chi connectivity index (χ4n) is 2.29. The molecule has 1 amide bonds. The fourth-order valence-corrected chi connectivity index (χ4v) is 2.29. The number of rotatable bonds is 3. The van der Waals surface area contributed by atoms with Crippen molar-refractivity contribution in [2.75, 3.05) is 20.6 Å². The summed E-state index contributed by atoms with van der Waals surface area (Å²) < 4.78 is 0. The molecule has 0 spiro atoms. The van der Waals surface area contributed by atoms with Crippen molar-refractivity contribution < 1.29 is 4.79 Å². The standard InChI is InChI=1S/C13H18N2O/c1-14-9-13(16)15(2)12-7-10-5-3-4-6-11(10)8-12/h3-6,12,14H,7-9H2,1-2H3. The van der Waals surface area contributed by atoms with Crippen LogP contribution in [0, 0.1) is 0 Å². The van der Waals surface area contributed by atoms with Gasteiger partial charge in [0.25, 0.3) is 0 Å². The molecule has 0 atom stereocenters. The maximum atomic E-state index is 11.7. The quantitative estimate of drug-likeness (QED) is 0.815. The summed E-state index contributed by atoms with van der Waals surface area (Å²) in [6.07, 6.45) is 1.98. The van der Waals surface area contributed by atoms with Crippen LogP contribution in [0.15, 0.2) is 24.3 Å². The van der Waals surface area contributed by atoms with E-state index in [1.165, 1.54) is 11.1 Å². The third-order valence-electron chi connectivity index (χ3n) is 3.30. The largest absolute Gasteiger partial charge is 0.341 e. The predicted molar refractivity (Wildman–Crippen MR) is 64.3 cm³/mol.